The third kappa shape index (κ3) is 7.04. The Balaban J connectivity index is 0. The van der Waals surface area contributed by atoms with Crippen LogP contribution in [0.15, 0.2) is 0 Å². The zero-order valence-electron chi connectivity index (χ0n) is 12.6. The van der Waals surface area contributed by atoms with Gasteiger partial charge in [-0.2, -0.15) is 0 Å². The molecule has 0 aromatic heterocycles. The standard InChI is InChI=1S/C10H11F11O3S.Li/c11-1(3(13)5(15)7(17)9(19)20)2(12)4(14)6(16)8(18)10(21)25(22,23)24;/h1-10H,(H,22,23,24);/q;+1/p-1. The van der Waals surface area contributed by atoms with Crippen molar-refractivity contribution in [1.82, 2.24) is 0 Å². The van der Waals surface area contributed by atoms with E-state index in [1.807, 2.05) is 0 Å². The van der Waals surface area contributed by atoms with Crippen molar-refractivity contribution in [2.75, 3.05) is 0 Å². The summed E-state index contributed by atoms with van der Waals surface area (Å²) >= 11 is 0. The van der Waals surface area contributed by atoms with Crippen LogP contribution >= 0.6 is 0 Å². The predicted molar refractivity (Wildman–Crippen MR) is 59.8 cm³/mol. The molecule has 0 radical (unpaired) electrons. The van der Waals surface area contributed by atoms with Gasteiger partial charge in [-0.15, -0.1) is 0 Å². The van der Waals surface area contributed by atoms with Crippen LogP contribution in [0.25, 0.3) is 0 Å². The average molecular weight is 426 g/mol. The Bertz CT molecular complexity index is 512. The zero-order chi connectivity index (χ0) is 20.3. The first-order valence-corrected chi connectivity index (χ1v) is 7.61. The van der Waals surface area contributed by atoms with Crippen LogP contribution in [0.1, 0.15) is 0 Å². The second-order valence-electron chi connectivity index (χ2n) is 4.73. The van der Waals surface area contributed by atoms with E-state index in [2.05, 4.69) is 0 Å². The molecular weight excluding hydrogens is 416 g/mol. The molecule has 0 saturated heterocycles. The number of halogens is 11. The molecule has 0 aromatic rings. The summed E-state index contributed by atoms with van der Waals surface area (Å²) in [6.07, 6.45) is -37.0. The average Bonchev–Trinajstić information content (AvgIpc) is 2.54. The molecule has 16 heteroatoms. The molecule has 0 aliphatic carbocycles. The molecule has 0 aromatic carbocycles. The fraction of sp³-hybridized carbons (Fsp3) is 1.00. The van der Waals surface area contributed by atoms with Crippen LogP contribution in [-0.2, 0) is 10.1 Å². The van der Waals surface area contributed by atoms with E-state index >= 15 is 0 Å². The first-order chi connectivity index (χ1) is 11.1. The van der Waals surface area contributed by atoms with Crippen molar-refractivity contribution in [2.24, 2.45) is 0 Å². The maximum atomic E-state index is 13.2. The van der Waals surface area contributed by atoms with E-state index in [4.69, 9.17) is 0 Å². The van der Waals surface area contributed by atoms with Gasteiger partial charge in [0.1, 0.15) is 10.1 Å². The topological polar surface area (TPSA) is 57.2 Å². The van der Waals surface area contributed by atoms with E-state index in [1.165, 1.54) is 0 Å². The van der Waals surface area contributed by atoms with Crippen LogP contribution in [0, 0.1) is 0 Å². The van der Waals surface area contributed by atoms with Crippen LogP contribution in [0.2, 0.25) is 0 Å². The quantitative estimate of drug-likeness (QED) is 0.276. The first kappa shape index (κ1) is 28.0. The van der Waals surface area contributed by atoms with Crippen LogP contribution in [0.4, 0.5) is 48.3 Å². The van der Waals surface area contributed by atoms with Crippen LogP contribution in [0.3, 0.4) is 0 Å². The second-order valence-corrected chi connectivity index (χ2v) is 6.17. The summed E-state index contributed by atoms with van der Waals surface area (Å²) < 4.78 is 171. The SMILES string of the molecule is O=S(=O)([O-])C(F)C(F)C(F)C(F)C(F)C(F)C(F)C(F)C(F)C(F)F.[Li+]. The summed E-state index contributed by atoms with van der Waals surface area (Å²) in [5.74, 6) is 0. The normalized spacial score (nSPS) is 23.1. The molecule has 0 N–H and O–H groups in total. The van der Waals surface area contributed by atoms with Gasteiger partial charge >= 0.3 is 18.9 Å². The molecule has 0 aliphatic heterocycles. The number of rotatable bonds is 10. The Hall–Kier alpha value is -0.263. The van der Waals surface area contributed by atoms with Gasteiger partial charge in [0.2, 0.25) is 5.50 Å². The van der Waals surface area contributed by atoms with E-state index in [9.17, 15) is 61.3 Å². The Kier molecular flexibility index (Phi) is 11.7. The summed E-state index contributed by atoms with van der Waals surface area (Å²) in [6.45, 7) is 0. The molecule has 0 fully saturated rings. The fourth-order valence-corrected chi connectivity index (χ4v) is 1.97. The number of hydrogen-bond donors (Lipinski definition) is 0. The first-order valence-electron chi connectivity index (χ1n) is 6.14. The van der Waals surface area contributed by atoms with Crippen molar-refractivity contribution in [3.63, 3.8) is 0 Å². The minimum absolute atomic E-state index is 0. The molecule has 152 valence electrons. The van der Waals surface area contributed by atoms with Gasteiger partial charge in [0.05, 0.1) is 0 Å². The van der Waals surface area contributed by atoms with Crippen LogP contribution in [0.5, 0.6) is 0 Å². The Morgan fingerprint density at radius 3 is 0.962 bits per heavy atom. The molecule has 0 heterocycles. The predicted octanol–water partition coefficient (Wildman–Crippen LogP) is -0.199. The van der Waals surface area contributed by atoms with Crippen molar-refractivity contribution in [2.45, 2.75) is 61.3 Å². The minimum Gasteiger partial charge on any atom is -0.746 e. The molecule has 0 rings (SSSR count). The molecule has 0 spiro atoms. The van der Waals surface area contributed by atoms with Crippen molar-refractivity contribution in [1.29, 1.82) is 0 Å². The van der Waals surface area contributed by atoms with Crippen molar-refractivity contribution < 1.29 is 80.1 Å². The summed E-state index contributed by atoms with van der Waals surface area (Å²) in [4.78, 5) is 0. The van der Waals surface area contributed by atoms with Gasteiger partial charge in [0.15, 0.2) is 49.4 Å². The van der Waals surface area contributed by atoms with E-state index < -0.39 is 71.4 Å². The smallest absolute Gasteiger partial charge is 0.746 e. The summed E-state index contributed by atoms with van der Waals surface area (Å²) in [7, 11) is -6.16. The molecule has 26 heavy (non-hydrogen) atoms. The Labute approximate surface area is 152 Å². The van der Waals surface area contributed by atoms with Crippen molar-refractivity contribution in [3.05, 3.63) is 0 Å². The van der Waals surface area contributed by atoms with Crippen molar-refractivity contribution in [3.8, 4) is 0 Å². The second kappa shape index (κ2) is 10.9. The molecule has 0 aliphatic rings. The molecule has 9 unspecified atom stereocenters. The molecule has 0 amide bonds. The molecular formula is C10H10F11LiO3S. The Morgan fingerprint density at radius 2 is 0.731 bits per heavy atom. The third-order valence-corrected chi connectivity index (χ3v) is 3.71. The maximum absolute atomic E-state index is 13.2. The van der Waals surface area contributed by atoms with Gasteiger partial charge in [-0.05, 0) is 0 Å². The van der Waals surface area contributed by atoms with Gasteiger partial charge in [0.25, 0.3) is 6.43 Å². The monoisotopic (exact) mass is 426 g/mol. The largest absolute Gasteiger partial charge is 1.00 e. The van der Waals surface area contributed by atoms with Gasteiger partial charge < -0.3 is 4.55 Å². The molecule has 0 saturated carbocycles. The van der Waals surface area contributed by atoms with Crippen LogP contribution in [-0.4, -0.2) is 74.3 Å². The minimum atomic E-state index is -6.16. The van der Waals surface area contributed by atoms with E-state index in [0.29, 0.717) is 0 Å². The van der Waals surface area contributed by atoms with E-state index in [1.54, 1.807) is 0 Å². The number of hydrogen-bond acceptors (Lipinski definition) is 3. The zero-order valence-corrected chi connectivity index (χ0v) is 13.4. The molecule has 3 nitrogen and oxygen atoms in total. The molecule has 9 atom stereocenters. The van der Waals surface area contributed by atoms with Gasteiger partial charge in [-0.3, -0.25) is 0 Å². The van der Waals surface area contributed by atoms with E-state index in [-0.39, 0.29) is 18.9 Å². The van der Waals surface area contributed by atoms with Gasteiger partial charge in [-0.1, -0.05) is 0 Å². The van der Waals surface area contributed by atoms with Crippen molar-refractivity contribution >= 4 is 10.1 Å². The Morgan fingerprint density at radius 1 is 0.500 bits per heavy atom. The van der Waals surface area contributed by atoms with Gasteiger partial charge in [-0.25, -0.2) is 56.7 Å². The van der Waals surface area contributed by atoms with Crippen LogP contribution < -0.4 is 18.9 Å². The summed E-state index contributed by atoms with van der Waals surface area (Å²) in [6, 6.07) is 0. The fourth-order valence-electron chi connectivity index (χ4n) is 1.50. The van der Waals surface area contributed by atoms with E-state index in [0.717, 1.165) is 0 Å². The summed E-state index contributed by atoms with van der Waals surface area (Å²) in [5, 5.41) is 0. The number of alkyl halides is 11. The maximum Gasteiger partial charge on any atom is 1.00 e. The van der Waals surface area contributed by atoms with Gasteiger partial charge in [0, 0.05) is 0 Å². The molecule has 0 bridgehead atoms. The third-order valence-electron chi connectivity index (χ3n) is 2.90. The summed E-state index contributed by atoms with van der Waals surface area (Å²) in [5.41, 5.74) is -4.23.